The fourth-order valence-corrected chi connectivity index (χ4v) is 3.02. The van der Waals surface area contributed by atoms with Gasteiger partial charge < -0.3 is 10.6 Å². The molecule has 170 valence electrons. The summed E-state index contributed by atoms with van der Waals surface area (Å²) in [5.41, 5.74) is -0.753. The molecular formula is C21H22F3N5O3. The Labute approximate surface area is 181 Å². The number of amides is 1. The lowest BCUT2D eigenvalue weighted by Crippen LogP contribution is -2.40. The highest BCUT2D eigenvalue weighted by Crippen LogP contribution is 2.28. The van der Waals surface area contributed by atoms with E-state index in [-0.39, 0.29) is 24.5 Å². The lowest BCUT2D eigenvalue weighted by atomic mass is 10.1. The highest BCUT2D eigenvalue weighted by atomic mass is 19.3. The van der Waals surface area contributed by atoms with Crippen molar-refractivity contribution in [3.63, 3.8) is 0 Å². The molecule has 3 N–H and O–H groups in total. The minimum Gasteiger partial charge on any atom is -0.359 e. The molecule has 0 bridgehead atoms. The Balaban J connectivity index is 1.68. The molecule has 1 aromatic heterocycles. The first kappa shape index (κ1) is 23.1. The first-order chi connectivity index (χ1) is 15.2. The van der Waals surface area contributed by atoms with E-state index in [1.165, 1.54) is 36.5 Å². The van der Waals surface area contributed by atoms with Crippen LogP contribution in [-0.2, 0) is 17.9 Å². The molecule has 2 heterocycles. The van der Waals surface area contributed by atoms with Crippen molar-refractivity contribution in [3.05, 3.63) is 81.8 Å². The second kappa shape index (κ2) is 9.69. The third-order valence-corrected chi connectivity index (χ3v) is 4.79. The molecule has 0 aliphatic carbocycles. The number of nitrogens with zero attached hydrogens (tertiary/aromatic N) is 3. The highest BCUT2D eigenvalue weighted by molar-refractivity contribution is 5.75. The quantitative estimate of drug-likeness (QED) is 0.572. The van der Waals surface area contributed by atoms with Gasteiger partial charge in [0, 0.05) is 24.0 Å². The molecule has 0 unspecified atom stereocenters. The molecule has 11 heteroatoms. The number of hydrogen-bond acceptors (Lipinski definition) is 6. The van der Waals surface area contributed by atoms with Crippen LogP contribution in [0, 0.1) is 12.7 Å². The van der Waals surface area contributed by atoms with Gasteiger partial charge in [-0.1, -0.05) is 30.4 Å². The maximum Gasteiger partial charge on any atom is 0.306 e. The first-order valence-corrected chi connectivity index (χ1v) is 9.71. The largest absolute Gasteiger partial charge is 0.359 e. The SMILES string of the molecule is Cc1cnc(NCC(F)(F)C2=CC=CCN2O)c(=O)n1CC(=O)NCc1ccccc1F. The van der Waals surface area contributed by atoms with Crippen molar-refractivity contribution in [2.75, 3.05) is 18.4 Å². The number of allylic oxidation sites excluding steroid dienone is 2. The normalized spacial score (nSPS) is 13.7. The van der Waals surface area contributed by atoms with Gasteiger partial charge in [-0.25, -0.2) is 9.37 Å². The van der Waals surface area contributed by atoms with Crippen molar-refractivity contribution >= 4 is 11.7 Å². The molecule has 2 aromatic rings. The summed E-state index contributed by atoms with van der Waals surface area (Å²) >= 11 is 0. The molecular weight excluding hydrogens is 427 g/mol. The number of hydroxylamine groups is 2. The third-order valence-electron chi connectivity index (χ3n) is 4.79. The van der Waals surface area contributed by atoms with E-state index in [0.717, 1.165) is 10.6 Å². The van der Waals surface area contributed by atoms with E-state index in [9.17, 15) is 28.0 Å². The Hall–Kier alpha value is -3.60. The molecule has 8 nitrogen and oxygen atoms in total. The Morgan fingerprint density at radius 3 is 2.78 bits per heavy atom. The van der Waals surface area contributed by atoms with E-state index in [0.29, 0.717) is 10.8 Å². The van der Waals surface area contributed by atoms with Gasteiger partial charge in [-0.3, -0.25) is 24.4 Å². The molecule has 0 radical (unpaired) electrons. The number of anilines is 1. The zero-order valence-corrected chi connectivity index (χ0v) is 17.2. The molecule has 1 aliphatic rings. The van der Waals surface area contributed by atoms with Crippen LogP contribution >= 0.6 is 0 Å². The third kappa shape index (κ3) is 5.35. The Morgan fingerprint density at radius 1 is 1.31 bits per heavy atom. The maximum atomic E-state index is 14.5. The second-order valence-corrected chi connectivity index (χ2v) is 7.13. The van der Waals surface area contributed by atoms with Gasteiger partial charge in [0.2, 0.25) is 5.91 Å². The maximum absolute atomic E-state index is 14.5. The van der Waals surface area contributed by atoms with E-state index >= 15 is 0 Å². The van der Waals surface area contributed by atoms with Gasteiger partial charge in [0.05, 0.1) is 13.1 Å². The van der Waals surface area contributed by atoms with Gasteiger partial charge in [0.25, 0.3) is 5.56 Å². The molecule has 0 saturated heterocycles. The Kier molecular flexibility index (Phi) is 6.98. The number of nitrogens with one attached hydrogen (secondary N) is 2. The Morgan fingerprint density at radius 2 is 2.06 bits per heavy atom. The summed E-state index contributed by atoms with van der Waals surface area (Å²) < 4.78 is 43.7. The van der Waals surface area contributed by atoms with Crippen molar-refractivity contribution in [1.82, 2.24) is 19.9 Å². The number of benzene rings is 1. The monoisotopic (exact) mass is 449 g/mol. The molecule has 0 spiro atoms. The standard InChI is InChI=1S/C21H22F3N5O3/c1-14-10-26-19(27-13-21(23,24)17-8-4-5-9-29(17)32)20(31)28(14)12-18(30)25-11-15-6-2-3-7-16(15)22/h2-8,10,32H,9,11-13H2,1H3,(H,25,30)(H,26,27). The fraction of sp³-hybridized carbons (Fsp3) is 0.286. The zero-order valence-electron chi connectivity index (χ0n) is 17.2. The van der Waals surface area contributed by atoms with E-state index in [2.05, 4.69) is 15.6 Å². The summed E-state index contributed by atoms with van der Waals surface area (Å²) in [6.07, 6.45) is 5.25. The smallest absolute Gasteiger partial charge is 0.306 e. The van der Waals surface area contributed by atoms with Crippen molar-refractivity contribution in [1.29, 1.82) is 0 Å². The van der Waals surface area contributed by atoms with Crippen molar-refractivity contribution < 1.29 is 23.2 Å². The predicted molar refractivity (Wildman–Crippen MR) is 111 cm³/mol. The van der Waals surface area contributed by atoms with E-state index in [1.54, 1.807) is 13.0 Å². The first-order valence-electron chi connectivity index (χ1n) is 9.71. The topological polar surface area (TPSA) is 99.5 Å². The van der Waals surface area contributed by atoms with Gasteiger partial charge in [-0.05, 0) is 19.1 Å². The van der Waals surface area contributed by atoms with Crippen LogP contribution in [0.1, 0.15) is 11.3 Å². The summed E-state index contributed by atoms with van der Waals surface area (Å²) in [5.74, 6) is -4.88. The molecule has 1 amide bonds. The molecule has 0 saturated carbocycles. The average molecular weight is 449 g/mol. The van der Waals surface area contributed by atoms with Crippen LogP contribution in [0.5, 0.6) is 0 Å². The van der Waals surface area contributed by atoms with Crippen LogP contribution in [0.15, 0.2) is 59.2 Å². The predicted octanol–water partition coefficient (Wildman–Crippen LogP) is 2.20. The molecule has 0 fully saturated rings. The molecule has 32 heavy (non-hydrogen) atoms. The summed E-state index contributed by atoms with van der Waals surface area (Å²) in [5, 5.41) is 14.9. The second-order valence-electron chi connectivity index (χ2n) is 7.13. The van der Waals surface area contributed by atoms with E-state index < -0.39 is 42.0 Å². The van der Waals surface area contributed by atoms with Gasteiger partial charge in [0.15, 0.2) is 5.82 Å². The zero-order chi connectivity index (χ0) is 23.3. The van der Waals surface area contributed by atoms with Crippen molar-refractivity contribution in [3.8, 4) is 0 Å². The van der Waals surface area contributed by atoms with E-state index in [1.807, 2.05) is 0 Å². The number of rotatable bonds is 8. The lowest BCUT2D eigenvalue weighted by Gasteiger charge is -2.28. The number of aromatic nitrogens is 2. The number of alkyl halides is 2. The van der Waals surface area contributed by atoms with Crippen molar-refractivity contribution in [2.45, 2.75) is 25.9 Å². The van der Waals surface area contributed by atoms with E-state index in [4.69, 9.17) is 0 Å². The number of halogens is 3. The van der Waals surface area contributed by atoms with Crippen molar-refractivity contribution in [2.24, 2.45) is 0 Å². The molecule has 0 atom stereocenters. The molecule has 3 rings (SSSR count). The Bertz CT molecular complexity index is 1110. The van der Waals surface area contributed by atoms with Crippen LogP contribution in [0.25, 0.3) is 0 Å². The van der Waals surface area contributed by atoms with Gasteiger partial charge in [0.1, 0.15) is 18.1 Å². The fourth-order valence-electron chi connectivity index (χ4n) is 3.02. The minimum absolute atomic E-state index is 0.0665. The van der Waals surface area contributed by atoms with Crippen LogP contribution in [0.4, 0.5) is 19.0 Å². The molecule has 1 aliphatic heterocycles. The summed E-state index contributed by atoms with van der Waals surface area (Å²) in [4.78, 5) is 28.8. The number of carbonyl (C=O) groups is 1. The van der Waals surface area contributed by atoms with Crippen LogP contribution in [0.3, 0.4) is 0 Å². The van der Waals surface area contributed by atoms with Crippen LogP contribution in [0.2, 0.25) is 0 Å². The summed E-state index contributed by atoms with van der Waals surface area (Å²) in [7, 11) is 0. The van der Waals surface area contributed by atoms with Gasteiger partial charge >= 0.3 is 5.92 Å². The average Bonchev–Trinajstić information content (AvgIpc) is 2.75. The minimum atomic E-state index is -3.49. The number of aryl methyl sites for hydroxylation is 1. The van der Waals surface area contributed by atoms with Gasteiger partial charge in [-0.15, -0.1) is 0 Å². The number of carbonyl (C=O) groups excluding carboxylic acids is 1. The summed E-state index contributed by atoms with van der Waals surface area (Å²) in [6.45, 7) is 0.00324. The molecule has 1 aromatic carbocycles. The van der Waals surface area contributed by atoms with Gasteiger partial charge in [-0.2, -0.15) is 8.78 Å². The lowest BCUT2D eigenvalue weighted by molar-refractivity contribution is -0.121. The highest BCUT2D eigenvalue weighted by Gasteiger charge is 2.38. The summed E-state index contributed by atoms with van der Waals surface area (Å²) in [6, 6.07) is 5.94. The number of hydrogen-bond donors (Lipinski definition) is 3. The van der Waals surface area contributed by atoms with Crippen LogP contribution in [-0.4, -0.2) is 44.7 Å². The van der Waals surface area contributed by atoms with Crippen LogP contribution < -0.4 is 16.2 Å².